The summed E-state index contributed by atoms with van der Waals surface area (Å²) in [7, 11) is 1.43. The maximum atomic E-state index is 13.1. The lowest BCUT2D eigenvalue weighted by Gasteiger charge is -2.27. The zero-order chi connectivity index (χ0) is 38.1. The fraction of sp³-hybridized carbons (Fsp3) is 0.500. The van der Waals surface area contributed by atoms with Gasteiger partial charge in [0.25, 0.3) is 17.7 Å². The van der Waals surface area contributed by atoms with Gasteiger partial charge in [-0.25, -0.2) is 19.4 Å². The van der Waals surface area contributed by atoms with Crippen LogP contribution < -0.4 is 27.0 Å². The molecular formula is C32H44N8O11. The number of hydrogen-bond acceptors (Lipinski definition) is 11. The molecule has 0 radical (unpaired) electrons. The Labute approximate surface area is 294 Å². The molecule has 0 unspecified atom stereocenters. The fourth-order valence-electron chi connectivity index (χ4n) is 4.76. The molecule has 1 aliphatic rings. The summed E-state index contributed by atoms with van der Waals surface area (Å²) in [5.41, 5.74) is 6.02. The quantitative estimate of drug-likeness (QED) is 0.0737. The minimum atomic E-state index is -1.08. The van der Waals surface area contributed by atoms with Gasteiger partial charge in [-0.2, -0.15) is 0 Å². The molecule has 1 aromatic carbocycles. The van der Waals surface area contributed by atoms with Crippen molar-refractivity contribution in [2.45, 2.75) is 77.5 Å². The number of imide groups is 1. The maximum Gasteiger partial charge on any atom is 0.410 e. The summed E-state index contributed by atoms with van der Waals surface area (Å²) in [5.74, 6) is -4.74. The van der Waals surface area contributed by atoms with E-state index in [1.807, 2.05) is 0 Å². The molecule has 0 spiro atoms. The van der Waals surface area contributed by atoms with Crippen LogP contribution in [0, 0.1) is 5.92 Å². The van der Waals surface area contributed by atoms with E-state index >= 15 is 0 Å². The van der Waals surface area contributed by atoms with Crippen molar-refractivity contribution in [1.29, 1.82) is 0 Å². The maximum absolute atomic E-state index is 13.1. The molecule has 0 aliphatic carbocycles. The molecule has 1 saturated heterocycles. The predicted octanol–water partition coefficient (Wildman–Crippen LogP) is 0.272. The smallest absolute Gasteiger partial charge is 0.410 e. The van der Waals surface area contributed by atoms with Gasteiger partial charge in [-0.05, 0) is 49.6 Å². The second-order valence-corrected chi connectivity index (χ2v) is 11.8. The fourth-order valence-corrected chi connectivity index (χ4v) is 4.76. The van der Waals surface area contributed by atoms with Gasteiger partial charge in [-0.15, -0.1) is 5.06 Å². The van der Waals surface area contributed by atoms with Gasteiger partial charge in [0.15, 0.2) is 0 Å². The van der Waals surface area contributed by atoms with Crippen molar-refractivity contribution in [2.24, 2.45) is 16.6 Å². The number of carbonyl (C=O) groups is 9. The molecule has 278 valence electrons. The molecule has 9 amide bonds. The highest BCUT2D eigenvalue weighted by atomic mass is 16.7. The van der Waals surface area contributed by atoms with Crippen molar-refractivity contribution < 1.29 is 52.7 Å². The number of nitrogens with one attached hydrogen (secondary N) is 4. The molecule has 1 aromatic rings. The van der Waals surface area contributed by atoms with Crippen LogP contribution in [0.25, 0.3) is 0 Å². The van der Waals surface area contributed by atoms with Crippen LogP contribution in [0.4, 0.5) is 15.3 Å². The lowest BCUT2D eigenvalue weighted by molar-refractivity contribution is -0.197. The number of carbonyl (C=O) groups excluding carboxylic acids is 9. The number of nitrogens with two attached hydrogens (primary N) is 1. The Morgan fingerprint density at radius 3 is 2.20 bits per heavy atom. The van der Waals surface area contributed by atoms with Crippen LogP contribution >= 0.6 is 0 Å². The second-order valence-electron chi connectivity index (χ2n) is 11.8. The summed E-state index contributed by atoms with van der Waals surface area (Å²) in [6.07, 6.45) is -0.862. The Balaban J connectivity index is 1.88. The standard InChI is InChI=1S/C32H44N8O11/c1-19(2)28(30(47)34-3)39(4)32(49)50-18-20-10-12-21(13-11-20)37-29(46)22(7-6-16-35-31(33)48)38-24(42)17-36-23(41)8-5-9-27(45)51-40-25(43)14-15-26(40)44/h10-13,19,22,28H,3,5-9,14-18H2,1-2,4H3,(H,36,41)(H,37,46)(H,38,42)(H3,33,35,48)/t22-,28-/m0/s1. The highest BCUT2D eigenvalue weighted by Gasteiger charge is 2.33. The number of primary amides is 1. The van der Waals surface area contributed by atoms with Crippen molar-refractivity contribution in [3.05, 3.63) is 29.8 Å². The Morgan fingerprint density at radius 1 is 0.961 bits per heavy atom. The third-order valence-corrected chi connectivity index (χ3v) is 7.38. The van der Waals surface area contributed by atoms with E-state index in [9.17, 15) is 43.2 Å². The summed E-state index contributed by atoms with van der Waals surface area (Å²) in [6.45, 7) is 6.27. The van der Waals surface area contributed by atoms with E-state index in [4.69, 9.17) is 15.3 Å². The van der Waals surface area contributed by atoms with E-state index < -0.39 is 72.2 Å². The van der Waals surface area contributed by atoms with Gasteiger partial charge >= 0.3 is 18.1 Å². The topological polar surface area (TPSA) is 265 Å². The number of urea groups is 1. The van der Waals surface area contributed by atoms with Crippen LogP contribution in [0.1, 0.15) is 64.4 Å². The molecule has 0 aromatic heterocycles. The molecule has 19 nitrogen and oxygen atoms in total. The summed E-state index contributed by atoms with van der Waals surface area (Å²) in [5, 5.41) is 10.4. The molecule has 19 heteroatoms. The molecular weight excluding hydrogens is 672 g/mol. The molecule has 0 bridgehead atoms. The SMILES string of the molecule is C=NC(=O)[C@H](C(C)C)N(C)C(=O)OCc1ccc(NC(=O)[C@H](CCCNC(N)=O)NC(=O)CNC(=O)CCCC(=O)ON2C(=O)CCC2=O)cc1. The third kappa shape index (κ3) is 14.2. The zero-order valence-corrected chi connectivity index (χ0v) is 28.7. The number of hydroxylamine groups is 2. The molecule has 1 aliphatic heterocycles. The first-order chi connectivity index (χ1) is 24.1. The average Bonchev–Trinajstić information content (AvgIpc) is 3.39. The number of nitrogens with zero attached hydrogens (tertiary/aromatic N) is 3. The van der Waals surface area contributed by atoms with Crippen molar-refractivity contribution >= 4 is 65.9 Å². The Morgan fingerprint density at radius 2 is 1.61 bits per heavy atom. The van der Waals surface area contributed by atoms with Crippen molar-refractivity contribution in [1.82, 2.24) is 25.9 Å². The summed E-state index contributed by atoms with van der Waals surface area (Å²) < 4.78 is 5.32. The Kier molecular flexibility index (Phi) is 16.7. The molecule has 51 heavy (non-hydrogen) atoms. The zero-order valence-electron chi connectivity index (χ0n) is 28.7. The van der Waals surface area contributed by atoms with Crippen LogP contribution in [0.15, 0.2) is 29.3 Å². The van der Waals surface area contributed by atoms with Crippen LogP contribution in [-0.2, 0) is 49.7 Å². The summed E-state index contributed by atoms with van der Waals surface area (Å²) >= 11 is 0. The number of benzene rings is 1. The van der Waals surface area contributed by atoms with E-state index in [2.05, 4.69) is 33.0 Å². The van der Waals surface area contributed by atoms with Crippen LogP contribution in [0.5, 0.6) is 0 Å². The molecule has 0 saturated carbocycles. The van der Waals surface area contributed by atoms with Gasteiger partial charge in [0, 0.05) is 45.0 Å². The molecule has 6 N–H and O–H groups in total. The van der Waals surface area contributed by atoms with Crippen LogP contribution in [0.3, 0.4) is 0 Å². The number of aliphatic imine (C=N–C) groups is 1. The number of rotatable bonds is 19. The van der Waals surface area contributed by atoms with Gasteiger partial charge < -0.3 is 36.6 Å². The number of hydrogen-bond donors (Lipinski definition) is 5. The van der Waals surface area contributed by atoms with E-state index in [0.717, 1.165) is 4.90 Å². The van der Waals surface area contributed by atoms with Crippen molar-refractivity contribution in [2.75, 3.05) is 25.5 Å². The van der Waals surface area contributed by atoms with E-state index in [1.54, 1.807) is 38.1 Å². The molecule has 1 heterocycles. The third-order valence-electron chi connectivity index (χ3n) is 7.38. The van der Waals surface area contributed by atoms with Crippen molar-refractivity contribution in [3.63, 3.8) is 0 Å². The Hall–Kier alpha value is -5.88. The largest absolute Gasteiger partial charge is 0.445 e. The molecule has 1 fully saturated rings. The van der Waals surface area contributed by atoms with Gasteiger partial charge in [-0.1, -0.05) is 26.0 Å². The van der Waals surface area contributed by atoms with Gasteiger partial charge in [0.1, 0.15) is 18.7 Å². The number of anilines is 1. The van der Waals surface area contributed by atoms with Crippen LogP contribution in [-0.4, -0.2) is 102 Å². The lowest BCUT2D eigenvalue weighted by atomic mass is 10.0. The van der Waals surface area contributed by atoms with E-state index in [0.29, 0.717) is 16.3 Å². The van der Waals surface area contributed by atoms with Gasteiger partial charge in [0.2, 0.25) is 17.7 Å². The lowest BCUT2D eigenvalue weighted by Crippen LogP contribution is -2.47. The predicted molar refractivity (Wildman–Crippen MR) is 179 cm³/mol. The second kappa shape index (κ2) is 20.6. The highest BCUT2D eigenvalue weighted by molar-refractivity contribution is 6.01. The minimum Gasteiger partial charge on any atom is -0.445 e. The van der Waals surface area contributed by atoms with E-state index in [1.165, 1.54) is 7.05 Å². The van der Waals surface area contributed by atoms with E-state index in [-0.39, 0.29) is 64.0 Å². The normalized spacial score (nSPS) is 13.5. The highest BCUT2D eigenvalue weighted by Crippen LogP contribution is 2.16. The van der Waals surface area contributed by atoms with Crippen molar-refractivity contribution in [3.8, 4) is 0 Å². The van der Waals surface area contributed by atoms with Gasteiger partial charge in [-0.3, -0.25) is 33.7 Å². The van der Waals surface area contributed by atoms with Crippen LogP contribution in [0.2, 0.25) is 0 Å². The monoisotopic (exact) mass is 716 g/mol. The molecule has 2 rings (SSSR count). The Bertz CT molecular complexity index is 1470. The number of likely N-dealkylation sites (N-methyl/N-ethyl adjacent to an activating group) is 1. The first kappa shape index (κ1) is 41.3. The summed E-state index contributed by atoms with van der Waals surface area (Å²) in [4.78, 5) is 118. The molecule has 2 atom stereocenters. The average molecular weight is 717 g/mol. The first-order valence-corrected chi connectivity index (χ1v) is 16.1. The van der Waals surface area contributed by atoms with Gasteiger partial charge in [0.05, 0.1) is 6.54 Å². The number of amides is 9. The number of ether oxygens (including phenoxy) is 1. The minimum absolute atomic E-state index is 0.0196. The first-order valence-electron chi connectivity index (χ1n) is 16.1. The summed E-state index contributed by atoms with van der Waals surface area (Å²) in [6, 6.07) is 3.64.